The number of rotatable bonds is 8. The van der Waals surface area contributed by atoms with Crippen LogP contribution in [0, 0.1) is 5.82 Å². The molecule has 0 bridgehead atoms. The van der Waals surface area contributed by atoms with Crippen LogP contribution in [-0.4, -0.2) is 33.8 Å². The van der Waals surface area contributed by atoms with Crippen LogP contribution in [0.1, 0.15) is 11.1 Å². The molecular formula is C19H17FN6O4. The van der Waals surface area contributed by atoms with Crippen molar-refractivity contribution in [3.8, 4) is 5.75 Å². The van der Waals surface area contributed by atoms with Gasteiger partial charge in [-0.3, -0.25) is 14.6 Å². The fraction of sp³-hybridized carbons (Fsp3) is 0.105. The van der Waals surface area contributed by atoms with Gasteiger partial charge in [0.2, 0.25) is 5.82 Å². The highest BCUT2D eigenvalue weighted by molar-refractivity contribution is 5.84. The number of carbonyl (C=O) groups excluding carboxylic acids is 1. The second kappa shape index (κ2) is 9.78. The third-order valence-electron chi connectivity index (χ3n) is 3.73. The molecule has 0 saturated heterocycles. The monoisotopic (exact) mass is 412 g/mol. The van der Waals surface area contributed by atoms with Crippen LogP contribution >= 0.6 is 0 Å². The Hall–Kier alpha value is -4.28. The number of benzene rings is 2. The summed E-state index contributed by atoms with van der Waals surface area (Å²) in [7, 11) is 0. The maximum Gasteiger partial charge on any atom is 0.342 e. The summed E-state index contributed by atoms with van der Waals surface area (Å²) < 4.78 is 18.5. The van der Waals surface area contributed by atoms with E-state index in [9.17, 15) is 18.8 Å². The first kappa shape index (κ1) is 20.5. The number of anilines is 1. The summed E-state index contributed by atoms with van der Waals surface area (Å²) >= 11 is 0. The van der Waals surface area contributed by atoms with E-state index in [4.69, 9.17) is 4.74 Å². The molecular weight excluding hydrogens is 395 g/mol. The fourth-order valence-electron chi connectivity index (χ4n) is 2.25. The van der Waals surface area contributed by atoms with E-state index in [-0.39, 0.29) is 18.2 Å². The average Bonchev–Trinajstić information content (AvgIpc) is 2.74. The van der Waals surface area contributed by atoms with Crippen LogP contribution in [0.15, 0.2) is 63.2 Å². The third kappa shape index (κ3) is 6.12. The Kier molecular flexibility index (Phi) is 6.66. The van der Waals surface area contributed by atoms with Crippen molar-refractivity contribution in [3.05, 3.63) is 86.3 Å². The van der Waals surface area contributed by atoms with Crippen LogP contribution in [0.25, 0.3) is 0 Å². The number of hydrogen-bond acceptors (Lipinski definition) is 7. The van der Waals surface area contributed by atoms with Gasteiger partial charge in [0.05, 0.1) is 12.8 Å². The van der Waals surface area contributed by atoms with E-state index >= 15 is 0 Å². The Morgan fingerprint density at radius 2 is 1.87 bits per heavy atom. The number of nitrogens with zero attached hydrogens (tertiary/aromatic N) is 2. The molecule has 0 aliphatic carbocycles. The second-order valence-corrected chi connectivity index (χ2v) is 5.99. The predicted molar refractivity (Wildman–Crippen MR) is 107 cm³/mol. The third-order valence-corrected chi connectivity index (χ3v) is 3.73. The maximum atomic E-state index is 12.9. The number of hydrazone groups is 1. The number of halogens is 1. The van der Waals surface area contributed by atoms with E-state index in [0.717, 1.165) is 11.1 Å². The highest BCUT2D eigenvalue weighted by Crippen LogP contribution is 2.13. The minimum absolute atomic E-state index is 0.190. The van der Waals surface area contributed by atoms with Crippen LogP contribution in [0.5, 0.6) is 5.75 Å². The lowest BCUT2D eigenvalue weighted by atomic mass is 10.2. The largest absolute Gasteiger partial charge is 0.489 e. The lowest BCUT2D eigenvalue weighted by Gasteiger charge is -2.06. The summed E-state index contributed by atoms with van der Waals surface area (Å²) in [5.74, 6) is -0.377. The predicted octanol–water partition coefficient (Wildman–Crippen LogP) is 0.739. The minimum Gasteiger partial charge on any atom is -0.489 e. The number of H-pyrrole nitrogens is 2. The van der Waals surface area contributed by atoms with E-state index in [0.29, 0.717) is 12.4 Å². The summed E-state index contributed by atoms with van der Waals surface area (Å²) in [5.41, 5.74) is 2.37. The van der Waals surface area contributed by atoms with Gasteiger partial charge >= 0.3 is 5.69 Å². The molecule has 0 unspecified atom stereocenters. The molecule has 3 rings (SSSR count). The molecule has 1 heterocycles. The van der Waals surface area contributed by atoms with Crippen LogP contribution < -0.4 is 26.7 Å². The summed E-state index contributed by atoms with van der Waals surface area (Å²) in [6, 6.07) is 13.0. The van der Waals surface area contributed by atoms with Crippen LogP contribution in [0.3, 0.4) is 0 Å². The first-order valence-electron chi connectivity index (χ1n) is 8.72. The molecule has 11 heteroatoms. The minimum atomic E-state index is -0.744. The number of aromatic amines is 2. The van der Waals surface area contributed by atoms with Gasteiger partial charge in [0, 0.05) is 0 Å². The average molecular weight is 412 g/mol. The molecule has 10 nitrogen and oxygen atoms in total. The molecule has 30 heavy (non-hydrogen) atoms. The fourth-order valence-corrected chi connectivity index (χ4v) is 2.25. The maximum absolute atomic E-state index is 12.9. The molecule has 0 saturated carbocycles. The highest BCUT2D eigenvalue weighted by Gasteiger charge is 2.04. The van der Waals surface area contributed by atoms with E-state index < -0.39 is 17.2 Å². The Bertz CT molecular complexity index is 1140. The molecule has 1 amide bonds. The molecule has 0 fully saturated rings. The molecule has 4 N–H and O–H groups in total. The number of carbonyl (C=O) groups is 1. The number of nitrogens with one attached hydrogen (secondary N) is 4. The van der Waals surface area contributed by atoms with Gasteiger partial charge in [-0.2, -0.15) is 5.10 Å². The zero-order chi connectivity index (χ0) is 21.3. The molecule has 0 aliphatic heterocycles. The number of amides is 1. The molecule has 0 aliphatic rings. The van der Waals surface area contributed by atoms with Crippen LogP contribution in [-0.2, 0) is 11.4 Å². The Morgan fingerprint density at radius 3 is 2.57 bits per heavy atom. The van der Waals surface area contributed by atoms with Gasteiger partial charge in [0.25, 0.3) is 11.5 Å². The number of ether oxygens (including phenoxy) is 1. The smallest absolute Gasteiger partial charge is 0.342 e. The topological polar surface area (TPSA) is 141 Å². The van der Waals surface area contributed by atoms with Crippen molar-refractivity contribution in [2.75, 3.05) is 11.9 Å². The number of hydrogen-bond donors (Lipinski definition) is 4. The van der Waals surface area contributed by atoms with Gasteiger partial charge in [-0.25, -0.2) is 19.7 Å². The van der Waals surface area contributed by atoms with E-state index in [1.54, 1.807) is 36.4 Å². The Morgan fingerprint density at radius 1 is 1.13 bits per heavy atom. The van der Waals surface area contributed by atoms with Crippen molar-refractivity contribution in [1.29, 1.82) is 0 Å². The zero-order valence-corrected chi connectivity index (χ0v) is 15.5. The normalized spacial score (nSPS) is 10.7. The van der Waals surface area contributed by atoms with Gasteiger partial charge in [0.15, 0.2) is 0 Å². The van der Waals surface area contributed by atoms with E-state index in [1.165, 1.54) is 18.3 Å². The van der Waals surface area contributed by atoms with Gasteiger partial charge in [-0.1, -0.05) is 12.1 Å². The van der Waals surface area contributed by atoms with Crippen molar-refractivity contribution < 1.29 is 13.9 Å². The van der Waals surface area contributed by atoms with Crippen molar-refractivity contribution >= 4 is 17.9 Å². The molecule has 0 radical (unpaired) electrons. The molecule has 3 aromatic rings. The number of aromatic nitrogens is 3. The quantitative estimate of drug-likeness (QED) is 0.318. The Labute approximate surface area is 168 Å². The van der Waals surface area contributed by atoms with E-state index in [2.05, 4.69) is 20.9 Å². The lowest BCUT2D eigenvalue weighted by Crippen LogP contribution is -2.31. The van der Waals surface area contributed by atoms with Crippen molar-refractivity contribution in [1.82, 2.24) is 20.6 Å². The molecule has 2 aromatic carbocycles. The van der Waals surface area contributed by atoms with Crippen molar-refractivity contribution in [3.63, 3.8) is 0 Å². The summed E-state index contributed by atoms with van der Waals surface area (Å²) in [4.78, 5) is 36.0. The first-order valence-corrected chi connectivity index (χ1v) is 8.72. The summed E-state index contributed by atoms with van der Waals surface area (Å²) in [6.07, 6.45) is 1.44. The Balaban J connectivity index is 1.44. The summed E-state index contributed by atoms with van der Waals surface area (Å²) in [6.45, 7) is 0.0411. The highest BCUT2D eigenvalue weighted by atomic mass is 19.1. The van der Waals surface area contributed by atoms with Gasteiger partial charge in [-0.05, 0) is 47.5 Å². The SMILES string of the molecule is O=C(CNc1n[nH]c(=O)[nH]c1=O)N/N=C/c1ccc(OCc2ccc(F)cc2)cc1. The zero-order valence-electron chi connectivity index (χ0n) is 15.5. The van der Waals surface area contributed by atoms with Crippen LogP contribution in [0.2, 0.25) is 0 Å². The molecule has 154 valence electrons. The summed E-state index contributed by atoms with van der Waals surface area (Å²) in [5, 5.41) is 11.8. The van der Waals surface area contributed by atoms with Gasteiger partial charge in [0.1, 0.15) is 18.2 Å². The second-order valence-electron chi connectivity index (χ2n) is 5.99. The lowest BCUT2D eigenvalue weighted by molar-refractivity contribution is -0.119. The molecule has 0 atom stereocenters. The molecule has 0 spiro atoms. The van der Waals surface area contributed by atoms with Gasteiger partial charge in [-0.15, -0.1) is 5.10 Å². The van der Waals surface area contributed by atoms with Gasteiger partial charge < -0.3 is 10.1 Å². The van der Waals surface area contributed by atoms with Crippen LogP contribution in [0.4, 0.5) is 10.2 Å². The van der Waals surface area contributed by atoms with Crippen molar-refractivity contribution in [2.45, 2.75) is 6.61 Å². The van der Waals surface area contributed by atoms with Crippen molar-refractivity contribution in [2.24, 2.45) is 5.10 Å². The van der Waals surface area contributed by atoms with E-state index in [1.807, 2.05) is 10.1 Å². The standard InChI is InChI=1S/C19H17FN6O4/c20-14-5-1-13(2-6-14)11-30-15-7-3-12(4-8-15)9-22-24-16(27)10-21-17-18(28)23-19(29)26-25-17/h1-9H,10-11H2,(H,21,25)(H,24,27)(H2,23,26,28,29)/b22-9+. The molecule has 1 aromatic heterocycles. The first-order chi connectivity index (χ1) is 14.5.